The summed E-state index contributed by atoms with van der Waals surface area (Å²) in [6.07, 6.45) is 0. The van der Waals surface area contributed by atoms with Crippen LogP contribution in [0.3, 0.4) is 0 Å². The van der Waals surface area contributed by atoms with Gasteiger partial charge >= 0.3 is 0 Å². The second-order valence-corrected chi connectivity index (χ2v) is 7.24. The molecule has 8 heteroatoms. The van der Waals surface area contributed by atoms with Gasteiger partial charge in [-0.3, -0.25) is 4.72 Å². The third kappa shape index (κ3) is 3.38. The van der Waals surface area contributed by atoms with Crippen molar-refractivity contribution in [2.75, 3.05) is 10.5 Å². The Hall–Kier alpha value is -0.950. The molecule has 0 bridgehead atoms. The number of nitrogen functional groups attached to an aromatic ring is 1. The summed E-state index contributed by atoms with van der Waals surface area (Å²) >= 11 is 14.8. The van der Waals surface area contributed by atoms with Gasteiger partial charge in [0.05, 0.1) is 10.2 Å². The van der Waals surface area contributed by atoms with Crippen LogP contribution < -0.4 is 10.5 Å². The third-order valence-electron chi connectivity index (χ3n) is 2.40. The summed E-state index contributed by atoms with van der Waals surface area (Å²) in [5, 5.41) is 0.659. The van der Waals surface area contributed by atoms with Gasteiger partial charge in [-0.1, -0.05) is 29.3 Å². The van der Waals surface area contributed by atoms with Crippen LogP contribution in [-0.2, 0) is 10.0 Å². The van der Waals surface area contributed by atoms with E-state index in [9.17, 15) is 8.42 Å². The fraction of sp³-hybridized carbons (Fsp3) is 0. The van der Waals surface area contributed by atoms with Gasteiger partial charge in [-0.15, -0.1) is 0 Å². The van der Waals surface area contributed by atoms with Gasteiger partial charge in [0.1, 0.15) is 4.90 Å². The molecule has 0 radical (unpaired) electrons. The van der Waals surface area contributed by atoms with Gasteiger partial charge in [0.25, 0.3) is 10.0 Å². The van der Waals surface area contributed by atoms with E-state index in [0.29, 0.717) is 10.7 Å². The fourth-order valence-corrected chi connectivity index (χ4v) is 4.08. The van der Waals surface area contributed by atoms with Crippen LogP contribution >= 0.6 is 39.1 Å². The van der Waals surface area contributed by atoms with Crippen molar-refractivity contribution >= 4 is 60.5 Å². The van der Waals surface area contributed by atoms with Crippen molar-refractivity contribution in [1.29, 1.82) is 0 Å². The Morgan fingerprint density at radius 2 is 1.80 bits per heavy atom. The lowest BCUT2D eigenvalue weighted by atomic mass is 10.3. The van der Waals surface area contributed by atoms with E-state index in [4.69, 9.17) is 28.9 Å². The minimum absolute atomic E-state index is 0.0394. The van der Waals surface area contributed by atoms with Crippen LogP contribution in [0.5, 0.6) is 0 Å². The highest BCUT2D eigenvalue weighted by Crippen LogP contribution is 2.32. The highest BCUT2D eigenvalue weighted by molar-refractivity contribution is 9.10. The number of nitrogens with two attached hydrogens (primary N) is 1. The van der Waals surface area contributed by atoms with E-state index in [1.165, 1.54) is 18.2 Å². The number of nitrogens with one attached hydrogen (secondary N) is 1. The van der Waals surface area contributed by atoms with E-state index in [0.717, 1.165) is 0 Å². The van der Waals surface area contributed by atoms with E-state index in [1.807, 2.05) is 0 Å². The van der Waals surface area contributed by atoms with Gasteiger partial charge in [0.15, 0.2) is 0 Å². The van der Waals surface area contributed by atoms with E-state index in [2.05, 4.69) is 20.7 Å². The molecule has 2 aromatic rings. The highest BCUT2D eigenvalue weighted by atomic mass is 79.9. The second-order valence-electron chi connectivity index (χ2n) is 3.92. The fourth-order valence-electron chi connectivity index (χ4n) is 1.54. The summed E-state index contributed by atoms with van der Waals surface area (Å²) in [4.78, 5) is -0.0394. The SMILES string of the molecule is Nc1cc(Cl)cc(S(=O)(=O)Nc2cccc(Cl)c2)c1Br. The number of anilines is 2. The largest absolute Gasteiger partial charge is 0.398 e. The lowest BCUT2D eigenvalue weighted by Crippen LogP contribution is -2.14. The molecule has 0 aliphatic heterocycles. The molecule has 20 heavy (non-hydrogen) atoms. The first-order valence-corrected chi connectivity index (χ1v) is 8.36. The molecule has 2 rings (SSSR count). The minimum Gasteiger partial charge on any atom is -0.398 e. The quantitative estimate of drug-likeness (QED) is 0.767. The molecule has 0 aliphatic rings. The molecular formula is C12H9BrCl2N2O2S. The standard InChI is InChI=1S/C12H9BrCl2N2O2S/c13-12-10(16)5-8(15)6-11(12)20(18,19)17-9-3-1-2-7(14)4-9/h1-6,17H,16H2. The Morgan fingerprint density at radius 1 is 1.10 bits per heavy atom. The van der Waals surface area contributed by atoms with Crippen LogP contribution in [0, 0.1) is 0 Å². The van der Waals surface area contributed by atoms with Gasteiger partial charge in [0, 0.05) is 15.7 Å². The number of hydrogen-bond acceptors (Lipinski definition) is 3. The zero-order chi connectivity index (χ0) is 14.9. The zero-order valence-electron chi connectivity index (χ0n) is 9.90. The summed E-state index contributed by atoms with van der Waals surface area (Å²) in [7, 11) is -3.83. The molecule has 0 unspecified atom stereocenters. The zero-order valence-corrected chi connectivity index (χ0v) is 13.8. The van der Waals surface area contributed by atoms with Crippen LogP contribution in [-0.4, -0.2) is 8.42 Å². The Kier molecular flexibility index (Phi) is 4.49. The Morgan fingerprint density at radius 3 is 2.45 bits per heavy atom. The molecule has 0 aliphatic carbocycles. The smallest absolute Gasteiger partial charge is 0.263 e. The molecule has 4 nitrogen and oxygen atoms in total. The van der Waals surface area contributed by atoms with Crippen LogP contribution in [0.1, 0.15) is 0 Å². The Balaban J connectivity index is 2.46. The maximum atomic E-state index is 12.3. The predicted molar refractivity (Wildman–Crippen MR) is 85.8 cm³/mol. The Labute approximate surface area is 135 Å². The summed E-state index contributed by atoms with van der Waals surface area (Å²) in [5.74, 6) is 0. The number of sulfonamides is 1. The molecule has 3 N–H and O–H groups in total. The molecule has 0 heterocycles. The van der Waals surface area contributed by atoms with Crippen LogP contribution in [0.15, 0.2) is 45.8 Å². The van der Waals surface area contributed by atoms with Crippen molar-refractivity contribution < 1.29 is 8.42 Å². The third-order valence-corrected chi connectivity index (χ3v) is 5.40. The van der Waals surface area contributed by atoms with E-state index in [-0.39, 0.29) is 20.1 Å². The van der Waals surface area contributed by atoms with Crippen molar-refractivity contribution in [2.24, 2.45) is 0 Å². The monoisotopic (exact) mass is 394 g/mol. The number of rotatable bonds is 3. The molecule has 0 saturated heterocycles. The minimum atomic E-state index is -3.83. The first-order chi connectivity index (χ1) is 9.29. The van der Waals surface area contributed by atoms with Crippen molar-refractivity contribution in [1.82, 2.24) is 0 Å². The second kappa shape index (κ2) is 5.81. The summed E-state index contributed by atoms with van der Waals surface area (Å²) < 4.78 is 27.4. The highest BCUT2D eigenvalue weighted by Gasteiger charge is 2.20. The molecule has 0 amide bonds. The van der Waals surface area contributed by atoms with Crippen LogP contribution in [0.2, 0.25) is 10.0 Å². The van der Waals surface area contributed by atoms with Gasteiger partial charge in [0.2, 0.25) is 0 Å². The lowest BCUT2D eigenvalue weighted by Gasteiger charge is -2.11. The maximum absolute atomic E-state index is 12.3. The van der Waals surface area contributed by atoms with E-state index >= 15 is 0 Å². The molecule has 0 atom stereocenters. The number of benzene rings is 2. The molecule has 0 spiro atoms. The number of hydrogen-bond donors (Lipinski definition) is 2. The topological polar surface area (TPSA) is 72.2 Å². The average molecular weight is 396 g/mol. The van der Waals surface area contributed by atoms with Crippen molar-refractivity contribution in [2.45, 2.75) is 4.90 Å². The average Bonchev–Trinajstić information content (AvgIpc) is 2.33. The van der Waals surface area contributed by atoms with Gasteiger partial charge in [-0.2, -0.15) is 0 Å². The van der Waals surface area contributed by atoms with Crippen LogP contribution in [0.25, 0.3) is 0 Å². The molecule has 0 aromatic heterocycles. The Bertz CT molecular complexity index is 766. The molecular weight excluding hydrogens is 387 g/mol. The molecule has 106 valence electrons. The molecule has 0 saturated carbocycles. The van der Waals surface area contributed by atoms with E-state index < -0.39 is 10.0 Å². The normalized spacial score (nSPS) is 11.3. The van der Waals surface area contributed by atoms with Crippen LogP contribution in [0.4, 0.5) is 11.4 Å². The van der Waals surface area contributed by atoms with Gasteiger partial charge in [-0.25, -0.2) is 8.42 Å². The number of halogens is 3. The lowest BCUT2D eigenvalue weighted by molar-refractivity contribution is 0.601. The van der Waals surface area contributed by atoms with Crippen molar-refractivity contribution in [3.8, 4) is 0 Å². The molecule has 0 fully saturated rings. The van der Waals surface area contributed by atoms with Crippen molar-refractivity contribution in [3.63, 3.8) is 0 Å². The summed E-state index contributed by atoms with van der Waals surface area (Å²) in [5.41, 5.74) is 6.28. The maximum Gasteiger partial charge on any atom is 0.263 e. The first-order valence-electron chi connectivity index (χ1n) is 5.32. The van der Waals surface area contributed by atoms with E-state index in [1.54, 1.807) is 18.2 Å². The molecule has 2 aromatic carbocycles. The predicted octanol–water partition coefficient (Wildman–Crippen LogP) is 4.14. The summed E-state index contributed by atoms with van der Waals surface area (Å²) in [6.45, 7) is 0. The van der Waals surface area contributed by atoms with Gasteiger partial charge < -0.3 is 5.73 Å². The first kappa shape index (κ1) is 15.4. The van der Waals surface area contributed by atoms with Crippen molar-refractivity contribution in [3.05, 3.63) is 50.9 Å². The summed E-state index contributed by atoms with van der Waals surface area (Å²) in [6, 6.07) is 9.15. The van der Waals surface area contributed by atoms with Gasteiger partial charge in [-0.05, 0) is 46.3 Å².